The summed E-state index contributed by atoms with van der Waals surface area (Å²) in [5.74, 6) is 0.783. The maximum atomic E-state index is 12.3. The van der Waals surface area contributed by atoms with Crippen LogP contribution >= 0.6 is 0 Å². The van der Waals surface area contributed by atoms with Crippen LogP contribution in [0.25, 0.3) is 11.1 Å². The topological polar surface area (TPSA) is 58.1 Å². The summed E-state index contributed by atoms with van der Waals surface area (Å²) in [5.41, 5.74) is 2.59. The highest BCUT2D eigenvalue weighted by Crippen LogP contribution is 2.21. The number of hydrogen-bond donors (Lipinski definition) is 1. The summed E-state index contributed by atoms with van der Waals surface area (Å²) in [6.07, 6.45) is 10.7. The van der Waals surface area contributed by atoms with E-state index in [1.807, 2.05) is 36.7 Å². The Balaban J connectivity index is 1.62. The first kappa shape index (κ1) is 18.4. The van der Waals surface area contributed by atoms with Crippen molar-refractivity contribution in [2.24, 2.45) is 0 Å². The molecule has 5 heteroatoms. The Hall–Kier alpha value is -2.43. The minimum atomic E-state index is -0.0158. The van der Waals surface area contributed by atoms with Gasteiger partial charge in [0.2, 0.25) is 5.95 Å². The molecule has 1 fully saturated rings. The van der Waals surface area contributed by atoms with Gasteiger partial charge in [0.1, 0.15) is 0 Å². The van der Waals surface area contributed by atoms with Crippen molar-refractivity contribution in [2.45, 2.75) is 45.4 Å². The molecule has 26 heavy (non-hydrogen) atoms. The highest BCUT2D eigenvalue weighted by Gasteiger charge is 2.14. The number of anilines is 1. The molecule has 1 amide bonds. The van der Waals surface area contributed by atoms with Gasteiger partial charge in [-0.2, -0.15) is 0 Å². The smallest absolute Gasteiger partial charge is 0.251 e. The largest absolute Gasteiger partial charge is 0.352 e. The van der Waals surface area contributed by atoms with Crippen molar-refractivity contribution in [1.82, 2.24) is 15.3 Å². The summed E-state index contributed by atoms with van der Waals surface area (Å²) in [4.78, 5) is 23.6. The molecular weight excluding hydrogens is 324 g/mol. The van der Waals surface area contributed by atoms with Crippen LogP contribution in [0.15, 0.2) is 36.7 Å². The Morgan fingerprint density at radius 3 is 2.58 bits per heavy atom. The molecule has 3 rings (SSSR count). The van der Waals surface area contributed by atoms with Crippen LogP contribution in [0.3, 0.4) is 0 Å². The molecular formula is C21H28N4O. The van der Waals surface area contributed by atoms with Crippen LogP contribution in [0.4, 0.5) is 5.95 Å². The quantitative estimate of drug-likeness (QED) is 0.728. The van der Waals surface area contributed by atoms with Crippen LogP contribution in [0, 0.1) is 0 Å². The number of carbonyl (C=O) groups excluding carboxylic acids is 1. The first-order valence-electron chi connectivity index (χ1n) is 9.73. The van der Waals surface area contributed by atoms with E-state index in [9.17, 15) is 4.79 Å². The van der Waals surface area contributed by atoms with Gasteiger partial charge in [0.15, 0.2) is 0 Å². The number of unbranched alkanes of at least 4 members (excludes halogenated alkanes) is 3. The molecule has 0 aliphatic carbocycles. The van der Waals surface area contributed by atoms with Gasteiger partial charge in [-0.25, -0.2) is 9.97 Å². The van der Waals surface area contributed by atoms with Gasteiger partial charge in [-0.15, -0.1) is 0 Å². The summed E-state index contributed by atoms with van der Waals surface area (Å²) >= 11 is 0. The predicted octanol–water partition coefficient (Wildman–Crippen LogP) is 4.05. The van der Waals surface area contributed by atoms with E-state index < -0.39 is 0 Å². The zero-order chi connectivity index (χ0) is 18.2. The van der Waals surface area contributed by atoms with Crippen LogP contribution in [-0.4, -0.2) is 35.5 Å². The van der Waals surface area contributed by atoms with E-state index >= 15 is 0 Å². The van der Waals surface area contributed by atoms with E-state index in [0.29, 0.717) is 5.56 Å². The average molecular weight is 352 g/mol. The summed E-state index contributed by atoms with van der Waals surface area (Å²) in [6.45, 7) is 4.99. The fourth-order valence-electron chi connectivity index (χ4n) is 3.25. The number of benzene rings is 1. The second kappa shape index (κ2) is 9.32. The maximum Gasteiger partial charge on any atom is 0.251 e. The van der Waals surface area contributed by atoms with Gasteiger partial charge < -0.3 is 10.2 Å². The molecule has 1 aromatic carbocycles. The Labute approximate surface area is 155 Å². The van der Waals surface area contributed by atoms with Gasteiger partial charge in [0.25, 0.3) is 5.91 Å². The fourth-order valence-corrected chi connectivity index (χ4v) is 3.25. The second-order valence-electron chi connectivity index (χ2n) is 6.86. The van der Waals surface area contributed by atoms with Gasteiger partial charge >= 0.3 is 0 Å². The normalized spacial score (nSPS) is 13.8. The molecule has 1 aliphatic heterocycles. The lowest BCUT2D eigenvalue weighted by Gasteiger charge is -2.14. The zero-order valence-electron chi connectivity index (χ0n) is 15.6. The van der Waals surface area contributed by atoms with Gasteiger partial charge in [0.05, 0.1) is 0 Å². The molecule has 138 valence electrons. The molecule has 0 bridgehead atoms. The summed E-state index contributed by atoms with van der Waals surface area (Å²) in [7, 11) is 0. The van der Waals surface area contributed by atoms with Gasteiger partial charge in [-0.3, -0.25) is 4.79 Å². The molecule has 1 saturated heterocycles. The summed E-state index contributed by atoms with van der Waals surface area (Å²) in [6, 6.07) is 7.67. The van der Waals surface area contributed by atoms with Gasteiger partial charge in [-0.05, 0) is 37.0 Å². The fraction of sp³-hybridized carbons (Fsp3) is 0.476. The van der Waals surface area contributed by atoms with Crippen LogP contribution in [-0.2, 0) is 0 Å². The van der Waals surface area contributed by atoms with E-state index in [4.69, 9.17) is 0 Å². The predicted molar refractivity (Wildman–Crippen MR) is 105 cm³/mol. The van der Waals surface area contributed by atoms with Crippen molar-refractivity contribution in [3.8, 4) is 11.1 Å². The monoisotopic (exact) mass is 352 g/mol. The first-order chi connectivity index (χ1) is 12.8. The number of carbonyl (C=O) groups is 1. The van der Waals surface area contributed by atoms with Crippen LogP contribution < -0.4 is 10.2 Å². The van der Waals surface area contributed by atoms with Crippen molar-refractivity contribution in [2.75, 3.05) is 24.5 Å². The van der Waals surface area contributed by atoms with Crippen LogP contribution in [0.1, 0.15) is 55.8 Å². The van der Waals surface area contributed by atoms with E-state index in [-0.39, 0.29) is 5.91 Å². The Morgan fingerprint density at radius 2 is 1.85 bits per heavy atom. The van der Waals surface area contributed by atoms with E-state index in [0.717, 1.165) is 49.6 Å². The van der Waals surface area contributed by atoms with Crippen LogP contribution in [0.2, 0.25) is 0 Å². The Morgan fingerprint density at radius 1 is 1.08 bits per heavy atom. The number of nitrogens with zero attached hydrogens (tertiary/aromatic N) is 3. The number of hydrogen-bond acceptors (Lipinski definition) is 4. The van der Waals surface area contributed by atoms with E-state index in [1.165, 1.54) is 25.7 Å². The minimum absolute atomic E-state index is 0.0158. The Bertz CT molecular complexity index is 708. The third-order valence-corrected chi connectivity index (χ3v) is 4.80. The Kier molecular flexibility index (Phi) is 6.58. The maximum absolute atomic E-state index is 12.3. The van der Waals surface area contributed by atoms with Crippen molar-refractivity contribution >= 4 is 11.9 Å². The molecule has 0 saturated carbocycles. The van der Waals surface area contributed by atoms with Gasteiger partial charge in [0, 0.05) is 43.2 Å². The number of amides is 1. The average Bonchev–Trinajstić information content (AvgIpc) is 3.23. The third-order valence-electron chi connectivity index (χ3n) is 4.80. The summed E-state index contributed by atoms with van der Waals surface area (Å²) < 4.78 is 0. The molecule has 2 aromatic rings. The molecule has 0 atom stereocenters. The molecule has 5 nitrogen and oxygen atoms in total. The minimum Gasteiger partial charge on any atom is -0.352 e. The molecule has 0 unspecified atom stereocenters. The van der Waals surface area contributed by atoms with E-state index in [1.54, 1.807) is 0 Å². The number of rotatable bonds is 8. The molecule has 2 heterocycles. The zero-order valence-corrected chi connectivity index (χ0v) is 15.6. The third kappa shape index (κ3) is 4.81. The molecule has 0 radical (unpaired) electrons. The first-order valence-corrected chi connectivity index (χ1v) is 9.73. The van der Waals surface area contributed by atoms with Crippen molar-refractivity contribution in [3.63, 3.8) is 0 Å². The number of aromatic nitrogens is 2. The number of nitrogens with one attached hydrogen (secondary N) is 1. The lowest BCUT2D eigenvalue weighted by molar-refractivity contribution is 0.0953. The van der Waals surface area contributed by atoms with Crippen LogP contribution in [0.5, 0.6) is 0 Å². The highest BCUT2D eigenvalue weighted by molar-refractivity contribution is 5.95. The van der Waals surface area contributed by atoms with Crippen molar-refractivity contribution in [3.05, 3.63) is 42.2 Å². The SMILES string of the molecule is CCCCCCNC(=O)c1cccc(-c2cnc(N3CCCC3)nc2)c1. The lowest BCUT2D eigenvalue weighted by atomic mass is 10.1. The lowest BCUT2D eigenvalue weighted by Crippen LogP contribution is -2.24. The molecule has 1 aliphatic rings. The van der Waals surface area contributed by atoms with Crippen molar-refractivity contribution in [1.29, 1.82) is 0 Å². The molecule has 1 aromatic heterocycles. The second-order valence-corrected chi connectivity index (χ2v) is 6.86. The standard InChI is InChI=1S/C21H28N4O/c1-2-3-4-5-11-22-20(26)18-10-8-9-17(14-18)19-15-23-21(24-16-19)25-12-6-7-13-25/h8-10,14-16H,2-7,11-13H2,1H3,(H,22,26). The highest BCUT2D eigenvalue weighted by atomic mass is 16.1. The van der Waals surface area contributed by atoms with E-state index in [2.05, 4.69) is 27.1 Å². The van der Waals surface area contributed by atoms with Crippen molar-refractivity contribution < 1.29 is 4.79 Å². The molecule has 0 spiro atoms. The van der Waals surface area contributed by atoms with Gasteiger partial charge in [-0.1, -0.05) is 38.3 Å². The molecule has 1 N–H and O–H groups in total. The summed E-state index contributed by atoms with van der Waals surface area (Å²) in [5, 5.41) is 3.01.